The van der Waals surface area contributed by atoms with Gasteiger partial charge in [-0.15, -0.1) is 0 Å². The topological polar surface area (TPSA) is 25.4 Å². The summed E-state index contributed by atoms with van der Waals surface area (Å²) in [6, 6.07) is 4.88. The van der Waals surface area contributed by atoms with E-state index in [2.05, 4.69) is 53.5 Å². The first-order chi connectivity index (χ1) is 8.02. The van der Waals surface area contributed by atoms with Crippen LogP contribution in [0.2, 0.25) is 0 Å². The summed E-state index contributed by atoms with van der Waals surface area (Å²) in [6.45, 7) is 10.4. The Labute approximate surface area is 112 Å². The molecule has 0 unspecified atom stereocenters. The Morgan fingerprint density at radius 1 is 1.29 bits per heavy atom. The molecule has 1 heterocycles. The number of hydrogen-bond donors (Lipinski definition) is 0. The van der Waals surface area contributed by atoms with Gasteiger partial charge in [-0.3, -0.25) is 4.90 Å². The van der Waals surface area contributed by atoms with E-state index >= 15 is 0 Å². The first-order valence-electron chi connectivity index (χ1n) is 6.01. The van der Waals surface area contributed by atoms with Gasteiger partial charge < -0.3 is 4.74 Å². The van der Waals surface area contributed by atoms with Crippen molar-refractivity contribution >= 4 is 15.9 Å². The lowest BCUT2D eigenvalue weighted by molar-refractivity contribution is 0.140. The minimum atomic E-state index is 0.533. The molecule has 1 rings (SSSR count). The van der Waals surface area contributed by atoms with Gasteiger partial charge in [-0.25, -0.2) is 4.98 Å². The van der Waals surface area contributed by atoms with Crippen LogP contribution in [-0.2, 0) is 0 Å². The van der Waals surface area contributed by atoms with E-state index in [4.69, 9.17) is 4.74 Å². The fraction of sp³-hybridized carbons (Fsp3) is 0.615. The maximum atomic E-state index is 5.67. The third-order valence-electron chi connectivity index (χ3n) is 2.64. The normalized spacial score (nSPS) is 11.5. The highest BCUT2D eigenvalue weighted by atomic mass is 79.9. The first-order valence-corrected chi connectivity index (χ1v) is 6.80. The molecule has 0 aliphatic heterocycles. The molecule has 0 bridgehead atoms. The van der Waals surface area contributed by atoms with Crippen LogP contribution in [0.1, 0.15) is 27.7 Å². The minimum Gasteiger partial charge on any atom is -0.476 e. The number of pyridine rings is 1. The summed E-state index contributed by atoms with van der Waals surface area (Å²) in [5.74, 6) is 0.667. The highest BCUT2D eigenvalue weighted by Gasteiger charge is 2.13. The van der Waals surface area contributed by atoms with E-state index in [0.717, 1.165) is 11.0 Å². The van der Waals surface area contributed by atoms with Crippen molar-refractivity contribution in [3.8, 4) is 5.88 Å². The van der Waals surface area contributed by atoms with Gasteiger partial charge in [-0.2, -0.15) is 0 Å². The number of aromatic nitrogens is 1. The van der Waals surface area contributed by atoms with Crippen molar-refractivity contribution in [2.45, 2.75) is 39.8 Å². The van der Waals surface area contributed by atoms with Gasteiger partial charge in [0.05, 0.1) is 4.47 Å². The third-order valence-corrected chi connectivity index (χ3v) is 3.24. The Bertz CT molecular complexity index is 334. The average molecular weight is 301 g/mol. The summed E-state index contributed by atoms with van der Waals surface area (Å²) >= 11 is 3.42. The van der Waals surface area contributed by atoms with Crippen LogP contribution < -0.4 is 4.74 Å². The molecule has 0 saturated heterocycles. The highest BCUT2D eigenvalue weighted by molar-refractivity contribution is 9.10. The van der Waals surface area contributed by atoms with Crippen LogP contribution in [0.4, 0.5) is 0 Å². The lowest BCUT2D eigenvalue weighted by atomic mass is 10.2. The molecule has 0 aliphatic carbocycles. The number of halogens is 1. The van der Waals surface area contributed by atoms with E-state index in [1.54, 1.807) is 6.20 Å². The van der Waals surface area contributed by atoms with Crippen molar-refractivity contribution in [1.82, 2.24) is 9.88 Å². The van der Waals surface area contributed by atoms with Crippen molar-refractivity contribution in [3.05, 3.63) is 22.8 Å². The predicted molar refractivity (Wildman–Crippen MR) is 74.4 cm³/mol. The molecular weight excluding hydrogens is 280 g/mol. The largest absolute Gasteiger partial charge is 0.476 e. The van der Waals surface area contributed by atoms with Gasteiger partial charge in [0.15, 0.2) is 0 Å². The monoisotopic (exact) mass is 300 g/mol. The fourth-order valence-electron chi connectivity index (χ4n) is 1.84. The Balaban J connectivity index is 2.44. The maximum Gasteiger partial charge on any atom is 0.227 e. The molecule has 4 heteroatoms. The zero-order chi connectivity index (χ0) is 12.8. The second-order valence-corrected chi connectivity index (χ2v) is 5.42. The molecule has 0 atom stereocenters. The molecule has 0 fully saturated rings. The molecule has 1 aromatic heterocycles. The van der Waals surface area contributed by atoms with Gasteiger partial charge in [0.25, 0.3) is 0 Å². The molecule has 0 spiro atoms. The second kappa shape index (κ2) is 6.97. The third kappa shape index (κ3) is 4.64. The molecule has 0 radical (unpaired) electrons. The summed E-state index contributed by atoms with van der Waals surface area (Å²) in [7, 11) is 0. The quantitative estimate of drug-likeness (QED) is 0.806. The zero-order valence-corrected chi connectivity index (χ0v) is 12.6. The standard InChI is InChI=1S/C13H21BrN2O/c1-10(2)16(11(3)4)8-9-17-13-12(14)6-5-7-15-13/h5-7,10-11H,8-9H2,1-4H3. The van der Waals surface area contributed by atoms with E-state index in [1.807, 2.05) is 12.1 Å². The summed E-state index contributed by atoms with van der Waals surface area (Å²) in [5.41, 5.74) is 0. The molecule has 0 aromatic carbocycles. The summed E-state index contributed by atoms with van der Waals surface area (Å²) in [5, 5.41) is 0. The van der Waals surface area contributed by atoms with Crippen LogP contribution in [0.5, 0.6) is 5.88 Å². The number of hydrogen-bond acceptors (Lipinski definition) is 3. The Hall–Kier alpha value is -0.610. The lowest BCUT2D eigenvalue weighted by Gasteiger charge is -2.30. The molecule has 1 aromatic rings. The fourth-order valence-corrected chi connectivity index (χ4v) is 2.21. The van der Waals surface area contributed by atoms with Crippen LogP contribution in [0.3, 0.4) is 0 Å². The van der Waals surface area contributed by atoms with E-state index in [0.29, 0.717) is 24.6 Å². The zero-order valence-electron chi connectivity index (χ0n) is 11.0. The number of ether oxygens (including phenoxy) is 1. The van der Waals surface area contributed by atoms with Gasteiger partial charge >= 0.3 is 0 Å². The molecule has 3 nitrogen and oxygen atoms in total. The first kappa shape index (κ1) is 14.5. The van der Waals surface area contributed by atoms with Crippen LogP contribution in [0.15, 0.2) is 22.8 Å². The number of nitrogens with zero attached hydrogens (tertiary/aromatic N) is 2. The SMILES string of the molecule is CC(C)N(CCOc1ncccc1Br)C(C)C. The highest BCUT2D eigenvalue weighted by Crippen LogP contribution is 2.20. The van der Waals surface area contributed by atoms with Gasteiger partial charge in [0.1, 0.15) is 6.61 Å². The van der Waals surface area contributed by atoms with Gasteiger partial charge in [0, 0.05) is 24.8 Å². The van der Waals surface area contributed by atoms with E-state index < -0.39 is 0 Å². The van der Waals surface area contributed by atoms with Crippen LogP contribution >= 0.6 is 15.9 Å². The van der Waals surface area contributed by atoms with E-state index in [-0.39, 0.29) is 0 Å². The van der Waals surface area contributed by atoms with Crippen molar-refractivity contribution in [2.75, 3.05) is 13.2 Å². The Morgan fingerprint density at radius 3 is 2.47 bits per heavy atom. The molecule has 96 valence electrons. The summed E-state index contributed by atoms with van der Waals surface area (Å²) in [6.07, 6.45) is 1.74. The predicted octanol–water partition coefficient (Wildman–Crippen LogP) is 3.34. The number of rotatable bonds is 6. The summed E-state index contributed by atoms with van der Waals surface area (Å²) in [4.78, 5) is 6.58. The van der Waals surface area contributed by atoms with Crippen LogP contribution in [-0.4, -0.2) is 35.1 Å². The lowest BCUT2D eigenvalue weighted by Crippen LogP contribution is -2.39. The smallest absolute Gasteiger partial charge is 0.227 e. The molecule has 0 amide bonds. The van der Waals surface area contributed by atoms with Crippen molar-refractivity contribution < 1.29 is 4.74 Å². The van der Waals surface area contributed by atoms with Crippen LogP contribution in [0.25, 0.3) is 0 Å². The Kier molecular flexibility index (Phi) is 5.92. The molecular formula is C13H21BrN2O. The molecule has 0 N–H and O–H groups in total. The van der Waals surface area contributed by atoms with Crippen LogP contribution in [0, 0.1) is 0 Å². The van der Waals surface area contributed by atoms with Gasteiger partial charge in [0.2, 0.25) is 5.88 Å². The molecule has 0 aliphatic rings. The van der Waals surface area contributed by atoms with Crippen molar-refractivity contribution in [2.24, 2.45) is 0 Å². The van der Waals surface area contributed by atoms with Crippen molar-refractivity contribution in [1.29, 1.82) is 0 Å². The van der Waals surface area contributed by atoms with E-state index in [1.165, 1.54) is 0 Å². The maximum absolute atomic E-state index is 5.67. The van der Waals surface area contributed by atoms with E-state index in [9.17, 15) is 0 Å². The van der Waals surface area contributed by atoms with Crippen molar-refractivity contribution in [3.63, 3.8) is 0 Å². The summed E-state index contributed by atoms with van der Waals surface area (Å²) < 4.78 is 6.57. The van der Waals surface area contributed by atoms with Gasteiger partial charge in [-0.1, -0.05) is 0 Å². The average Bonchev–Trinajstić information content (AvgIpc) is 2.25. The minimum absolute atomic E-state index is 0.533. The molecule has 17 heavy (non-hydrogen) atoms. The van der Waals surface area contributed by atoms with Gasteiger partial charge in [-0.05, 0) is 55.8 Å². The Morgan fingerprint density at radius 2 is 1.94 bits per heavy atom. The molecule has 0 saturated carbocycles. The second-order valence-electron chi connectivity index (χ2n) is 4.56.